The van der Waals surface area contributed by atoms with Gasteiger partial charge in [-0.2, -0.15) is 0 Å². The molecule has 4 rings (SSSR count). The summed E-state index contributed by atoms with van der Waals surface area (Å²) in [5.41, 5.74) is 1.32. The lowest BCUT2D eigenvalue weighted by atomic mass is 9.98. The van der Waals surface area contributed by atoms with E-state index in [2.05, 4.69) is 9.97 Å². The zero-order valence-electron chi connectivity index (χ0n) is 15.4. The lowest BCUT2D eigenvalue weighted by Gasteiger charge is -2.09. The fourth-order valence-corrected chi connectivity index (χ4v) is 3.11. The van der Waals surface area contributed by atoms with Crippen LogP contribution >= 0.6 is 0 Å². The maximum absolute atomic E-state index is 12.6. The normalized spacial score (nSPS) is 10.8. The van der Waals surface area contributed by atoms with Gasteiger partial charge in [-0.1, -0.05) is 18.2 Å². The second-order valence-corrected chi connectivity index (χ2v) is 6.35. The summed E-state index contributed by atoms with van der Waals surface area (Å²) < 4.78 is 11.1. The van der Waals surface area contributed by atoms with Gasteiger partial charge in [0.15, 0.2) is 0 Å². The third kappa shape index (κ3) is 3.68. The SMILES string of the molecule is Cc1c(Cc2ccccc2[N+](=O)[O-])c(=O)oc2cc(Oc3ncccn3)ccc12. The fourth-order valence-electron chi connectivity index (χ4n) is 3.11. The number of fused-ring (bicyclic) bond motifs is 1. The van der Waals surface area contributed by atoms with Gasteiger partial charge in [0.25, 0.3) is 5.69 Å². The highest BCUT2D eigenvalue weighted by molar-refractivity contribution is 5.82. The Balaban J connectivity index is 1.73. The molecule has 0 atom stereocenters. The van der Waals surface area contributed by atoms with Crippen LogP contribution in [-0.2, 0) is 6.42 Å². The van der Waals surface area contributed by atoms with Crippen molar-refractivity contribution >= 4 is 16.7 Å². The molecule has 0 aliphatic rings. The van der Waals surface area contributed by atoms with Gasteiger partial charge >= 0.3 is 11.6 Å². The first-order valence-corrected chi connectivity index (χ1v) is 8.76. The summed E-state index contributed by atoms with van der Waals surface area (Å²) in [6, 6.07) is 13.3. The monoisotopic (exact) mass is 389 g/mol. The zero-order valence-corrected chi connectivity index (χ0v) is 15.4. The molecular formula is C21H15N3O5. The van der Waals surface area contributed by atoms with Crippen LogP contribution < -0.4 is 10.4 Å². The van der Waals surface area contributed by atoms with Gasteiger partial charge in [0.05, 0.1) is 4.92 Å². The lowest BCUT2D eigenvalue weighted by Crippen LogP contribution is -2.11. The van der Waals surface area contributed by atoms with E-state index in [0.717, 1.165) is 5.39 Å². The summed E-state index contributed by atoms with van der Waals surface area (Å²) in [5.74, 6) is 0.428. The van der Waals surface area contributed by atoms with E-state index < -0.39 is 10.5 Å². The lowest BCUT2D eigenvalue weighted by molar-refractivity contribution is -0.385. The molecule has 0 saturated heterocycles. The van der Waals surface area contributed by atoms with Gasteiger partial charge in [0.1, 0.15) is 11.3 Å². The molecule has 0 radical (unpaired) electrons. The Kier molecular flexibility index (Phi) is 4.74. The van der Waals surface area contributed by atoms with E-state index in [1.807, 2.05) is 0 Å². The molecule has 4 aromatic rings. The van der Waals surface area contributed by atoms with Crippen molar-refractivity contribution in [3.63, 3.8) is 0 Å². The minimum Gasteiger partial charge on any atom is -0.424 e. The Hall–Kier alpha value is -4.07. The minimum absolute atomic E-state index is 0.0296. The molecule has 2 aromatic heterocycles. The van der Waals surface area contributed by atoms with E-state index in [9.17, 15) is 14.9 Å². The molecule has 2 aromatic carbocycles. The Bertz CT molecular complexity index is 1270. The van der Waals surface area contributed by atoms with Crippen LogP contribution in [0.3, 0.4) is 0 Å². The number of benzene rings is 2. The third-order valence-corrected chi connectivity index (χ3v) is 4.57. The molecule has 8 heteroatoms. The number of hydrogen-bond acceptors (Lipinski definition) is 7. The van der Waals surface area contributed by atoms with Crippen LogP contribution in [0.25, 0.3) is 11.0 Å². The Labute approximate surface area is 164 Å². The molecule has 144 valence electrons. The molecule has 0 unspecified atom stereocenters. The summed E-state index contributed by atoms with van der Waals surface area (Å²) in [7, 11) is 0. The molecule has 0 spiro atoms. The highest BCUT2D eigenvalue weighted by Gasteiger charge is 2.18. The van der Waals surface area contributed by atoms with Crippen LogP contribution in [0.1, 0.15) is 16.7 Å². The Morgan fingerprint density at radius 2 is 1.86 bits per heavy atom. The van der Waals surface area contributed by atoms with Crippen LogP contribution in [0.15, 0.2) is 70.1 Å². The summed E-state index contributed by atoms with van der Waals surface area (Å²) >= 11 is 0. The van der Waals surface area contributed by atoms with Crippen molar-refractivity contribution in [1.82, 2.24) is 9.97 Å². The van der Waals surface area contributed by atoms with Crippen molar-refractivity contribution in [2.45, 2.75) is 13.3 Å². The van der Waals surface area contributed by atoms with Gasteiger partial charge in [-0.05, 0) is 30.7 Å². The summed E-state index contributed by atoms with van der Waals surface area (Å²) in [4.78, 5) is 31.4. The summed E-state index contributed by atoms with van der Waals surface area (Å²) in [5, 5.41) is 12.0. The van der Waals surface area contributed by atoms with Crippen LogP contribution in [-0.4, -0.2) is 14.9 Å². The first-order chi connectivity index (χ1) is 14.0. The predicted molar refractivity (Wildman–Crippen MR) is 105 cm³/mol. The number of aryl methyl sites for hydroxylation is 1. The number of ether oxygens (including phenoxy) is 1. The first kappa shape index (κ1) is 18.3. The van der Waals surface area contributed by atoms with Crippen molar-refractivity contribution in [2.24, 2.45) is 0 Å². The number of nitrogens with zero attached hydrogens (tertiary/aromatic N) is 3. The van der Waals surface area contributed by atoms with Gasteiger partial charge < -0.3 is 9.15 Å². The van der Waals surface area contributed by atoms with Gasteiger partial charge in [-0.25, -0.2) is 14.8 Å². The first-order valence-electron chi connectivity index (χ1n) is 8.76. The predicted octanol–water partition coefficient (Wildman–Crippen LogP) is 4.18. The van der Waals surface area contributed by atoms with Gasteiger partial charge in [-0.15, -0.1) is 0 Å². The molecule has 0 aliphatic heterocycles. The zero-order chi connectivity index (χ0) is 20.4. The summed E-state index contributed by atoms with van der Waals surface area (Å²) in [6.45, 7) is 1.80. The van der Waals surface area contributed by atoms with E-state index in [4.69, 9.17) is 9.15 Å². The van der Waals surface area contributed by atoms with Gasteiger partial charge in [-0.3, -0.25) is 10.1 Å². The largest absolute Gasteiger partial charge is 0.424 e. The number of para-hydroxylation sites is 1. The molecule has 0 bridgehead atoms. The van der Waals surface area contributed by atoms with Gasteiger partial charge in [0, 0.05) is 47.5 Å². The van der Waals surface area contributed by atoms with Crippen LogP contribution in [0.5, 0.6) is 11.8 Å². The molecule has 8 nitrogen and oxygen atoms in total. The molecule has 0 aliphatic carbocycles. The van der Waals surface area contributed by atoms with E-state index in [0.29, 0.717) is 28.0 Å². The van der Waals surface area contributed by atoms with E-state index in [1.54, 1.807) is 61.8 Å². The average molecular weight is 389 g/mol. The average Bonchev–Trinajstić information content (AvgIpc) is 2.72. The molecular weight excluding hydrogens is 374 g/mol. The number of nitro benzene ring substituents is 1. The molecule has 0 fully saturated rings. The molecule has 2 heterocycles. The maximum Gasteiger partial charge on any atom is 0.340 e. The second-order valence-electron chi connectivity index (χ2n) is 6.35. The van der Waals surface area contributed by atoms with Gasteiger partial charge in [0.2, 0.25) is 0 Å². The smallest absolute Gasteiger partial charge is 0.340 e. The number of nitro groups is 1. The Morgan fingerprint density at radius 1 is 1.10 bits per heavy atom. The number of aromatic nitrogens is 2. The summed E-state index contributed by atoms with van der Waals surface area (Å²) in [6.07, 6.45) is 3.22. The Morgan fingerprint density at radius 3 is 2.62 bits per heavy atom. The van der Waals surface area contributed by atoms with Crippen LogP contribution in [0.2, 0.25) is 0 Å². The third-order valence-electron chi connectivity index (χ3n) is 4.57. The highest BCUT2D eigenvalue weighted by Crippen LogP contribution is 2.28. The van der Waals surface area contributed by atoms with E-state index in [1.165, 1.54) is 6.07 Å². The fraction of sp³-hybridized carbons (Fsp3) is 0.0952. The molecule has 0 saturated carbocycles. The number of rotatable bonds is 5. The molecule has 0 amide bonds. The van der Waals surface area contributed by atoms with E-state index in [-0.39, 0.29) is 18.1 Å². The molecule has 29 heavy (non-hydrogen) atoms. The highest BCUT2D eigenvalue weighted by atomic mass is 16.6. The van der Waals surface area contributed by atoms with Crippen molar-refractivity contribution in [3.05, 3.63) is 98.1 Å². The maximum atomic E-state index is 12.6. The topological polar surface area (TPSA) is 108 Å². The molecule has 0 N–H and O–H groups in total. The van der Waals surface area contributed by atoms with Crippen molar-refractivity contribution in [1.29, 1.82) is 0 Å². The second kappa shape index (κ2) is 7.51. The standard InChI is InChI=1S/C21H15N3O5/c1-13-16-8-7-15(28-21-22-9-4-10-23-21)12-19(16)29-20(25)17(13)11-14-5-2-3-6-18(14)24(26)27/h2-10,12H,11H2,1H3. The van der Waals surface area contributed by atoms with Crippen LogP contribution in [0, 0.1) is 17.0 Å². The quantitative estimate of drug-likeness (QED) is 0.286. The van der Waals surface area contributed by atoms with Crippen molar-refractivity contribution < 1.29 is 14.1 Å². The van der Waals surface area contributed by atoms with Crippen molar-refractivity contribution in [2.75, 3.05) is 0 Å². The van der Waals surface area contributed by atoms with E-state index >= 15 is 0 Å². The van der Waals surface area contributed by atoms with Crippen molar-refractivity contribution in [3.8, 4) is 11.8 Å². The minimum atomic E-state index is -0.540. The van der Waals surface area contributed by atoms with Crippen LogP contribution in [0.4, 0.5) is 5.69 Å². The number of hydrogen-bond donors (Lipinski definition) is 0.